The van der Waals surface area contributed by atoms with E-state index in [4.69, 9.17) is 0 Å². The average molecular weight is 207 g/mol. The Kier molecular flexibility index (Phi) is 4.72. The first-order chi connectivity index (χ1) is 7.09. The lowest BCUT2D eigenvalue weighted by Gasteiger charge is -2.19. The largest absolute Gasteiger partial charge is 0.311 e. The van der Waals surface area contributed by atoms with Gasteiger partial charge in [-0.05, 0) is 39.6 Å². The van der Waals surface area contributed by atoms with Gasteiger partial charge >= 0.3 is 0 Å². The molecular weight excluding hydrogens is 186 g/mol. The predicted octanol–water partition coefficient (Wildman–Crippen LogP) is 1.43. The smallest absolute Gasteiger partial charge is 0.0372 e. The van der Waals surface area contributed by atoms with Crippen molar-refractivity contribution >= 4 is 0 Å². The van der Waals surface area contributed by atoms with Crippen LogP contribution in [0.15, 0.2) is 18.3 Å². The minimum absolute atomic E-state index is 0.559. The molecule has 1 aromatic heterocycles. The van der Waals surface area contributed by atoms with Crippen LogP contribution in [0.2, 0.25) is 0 Å². The first-order valence-electron chi connectivity index (χ1n) is 5.38. The van der Waals surface area contributed by atoms with E-state index >= 15 is 0 Å². The second-order valence-corrected chi connectivity index (χ2v) is 4.25. The number of rotatable bonds is 5. The molecule has 1 atom stereocenters. The van der Waals surface area contributed by atoms with Gasteiger partial charge in [-0.2, -0.15) is 0 Å². The zero-order valence-corrected chi connectivity index (χ0v) is 10.1. The standard InChI is InChI=1S/C12H21N3/c1-10-5-6-12(9-14-10)8-13-7-11(2)15(3)4/h5-6,9,11,13H,7-8H2,1-4H3. The molecule has 1 unspecified atom stereocenters. The lowest BCUT2D eigenvalue weighted by atomic mass is 10.2. The maximum atomic E-state index is 4.26. The van der Waals surface area contributed by atoms with Crippen molar-refractivity contribution < 1.29 is 0 Å². The van der Waals surface area contributed by atoms with E-state index in [-0.39, 0.29) is 0 Å². The molecule has 0 amide bonds. The predicted molar refractivity (Wildman–Crippen MR) is 63.8 cm³/mol. The van der Waals surface area contributed by atoms with Crippen LogP contribution in [0.3, 0.4) is 0 Å². The molecule has 0 aliphatic carbocycles. The number of hydrogen-bond donors (Lipinski definition) is 1. The van der Waals surface area contributed by atoms with Crippen LogP contribution in [0.5, 0.6) is 0 Å². The molecule has 1 heterocycles. The van der Waals surface area contributed by atoms with Crippen molar-refractivity contribution in [3.63, 3.8) is 0 Å². The van der Waals surface area contributed by atoms with Crippen molar-refractivity contribution in [3.8, 4) is 0 Å². The van der Waals surface area contributed by atoms with Crippen LogP contribution in [0.25, 0.3) is 0 Å². The highest BCUT2D eigenvalue weighted by Gasteiger charge is 2.02. The van der Waals surface area contributed by atoms with Crippen molar-refractivity contribution in [1.29, 1.82) is 0 Å². The van der Waals surface area contributed by atoms with E-state index in [1.807, 2.05) is 19.2 Å². The van der Waals surface area contributed by atoms with Crippen molar-refractivity contribution in [2.45, 2.75) is 26.4 Å². The molecule has 0 saturated heterocycles. The summed E-state index contributed by atoms with van der Waals surface area (Å²) in [5, 5.41) is 3.42. The molecule has 0 radical (unpaired) electrons. The van der Waals surface area contributed by atoms with Gasteiger partial charge in [0, 0.05) is 31.0 Å². The second kappa shape index (κ2) is 5.83. The van der Waals surface area contributed by atoms with Gasteiger partial charge < -0.3 is 10.2 Å². The Balaban J connectivity index is 2.29. The topological polar surface area (TPSA) is 28.2 Å². The Bertz CT molecular complexity index is 279. The van der Waals surface area contributed by atoms with Crippen LogP contribution < -0.4 is 5.32 Å². The summed E-state index contributed by atoms with van der Waals surface area (Å²) in [6, 6.07) is 4.73. The first-order valence-corrected chi connectivity index (χ1v) is 5.38. The summed E-state index contributed by atoms with van der Waals surface area (Å²) < 4.78 is 0. The summed E-state index contributed by atoms with van der Waals surface area (Å²) in [5.41, 5.74) is 2.31. The van der Waals surface area contributed by atoms with Crippen molar-refractivity contribution in [2.75, 3.05) is 20.6 Å². The SMILES string of the molecule is Cc1ccc(CNCC(C)N(C)C)cn1. The first kappa shape index (κ1) is 12.1. The fourth-order valence-corrected chi connectivity index (χ4v) is 1.21. The minimum Gasteiger partial charge on any atom is -0.311 e. The maximum absolute atomic E-state index is 4.26. The molecule has 15 heavy (non-hydrogen) atoms. The van der Waals surface area contributed by atoms with E-state index in [9.17, 15) is 0 Å². The van der Waals surface area contributed by atoms with Gasteiger partial charge in [0.15, 0.2) is 0 Å². The third-order valence-corrected chi connectivity index (χ3v) is 2.62. The molecule has 0 saturated carbocycles. The third-order valence-electron chi connectivity index (χ3n) is 2.62. The lowest BCUT2D eigenvalue weighted by Crippen LogP contribution is -2.35. The summed E-state index contributed by atoms with van der Waals surface area (Å²) >= 11 is 0. The molecule has 84 valence electrons. The van der Waals surface area contributed by atoms with Crippen LogP contribution in [0, 0.1) is 6.92 Å². The molecular formula is C12H21N3. The van der Waals surface area contributed by atoms with Gasteiger partial charge in [0.25, 0.3) is 0 Å². The third kappa shape index (κ3) is 4.40. The monoisotopic (exact) mass is 207 g/mol. The van der Waals surface area contributed by atoms with Crippen LogP contribution in [-0.2, 0) is 6.54 Å². The molecule has 0 aliphatic heterocycles. The van der Waals surface area contributed by atoms with Gasteiger partial charge in [-0.3, -0.25) is 4.98 Å². The Hall–Kier alpha value is -0.930. The molecule has 1 N–H and O–H groups in total. The second-order valence-electron chi connectivity index (χ2n) is 4.25. The zero-order chi connectivity index (χ0) is 11.3. The van der Waals surface area contributed by atoms with Crippen molar-refractivity contribution in [2.24, 2.45) is 0 Å². The molecule has 0 fully saturated rings. The highest BCUT2D eigenvalue weighted by molar-refractivity contribution is 5.12. The summed E-state index contributed by atoms with van der Waals surface area (Å²) in [6.07, 6.45) is 1.93. The van der Waals surface area contributed by atoms with Gasteiger partial charge in [0.05, 0.1) is 0 Å². The normalized spacial score (nSPS) is 13.1. The van der Waals surface area contributed by atoms with E-state index in [1.165, 1.54) is 5.56 Å². The minimum atomic E-state index is 0.559. The van der Waals surface area contributed by atoms with E-state index in [1.54, 1.807) is 0 Å². The van der Waals surface area contributed by atoms with Gasteiger partial charge in [0.2, 0.25) is 0 Å². The van der Waals surface area contributed by atoms with Crippen LogP contribution >= 0.6 is 0 Å². The number of aromatic nitrogens is 1. The van der Waals surface area contributed by atoms with Crippen molar-refractivity contribution in [3.05, 3.63) is 29.6 Å². The Morgan fingerprint density at radius 3 is 2.67 bits per heavy atom. The molecule has 0 aliphatic rings. The molecule has 1 rings (SSSR count). The van der Waals surface area contributed by atoms with Crippen molar-refractivity contribution in [1.82, 2.24) is 15.2 Å². The molecule has 1 aromatic rings. The number of likely N-dealkylation sites (N-methyl/N-ethyl adjacent to an activating group) is 1. The molecule has 3 nitrogen and oxygen atoms in total. The highest BCUT2D eigenvalue weighted by Crippen LogP contribution is 1.98. The quantitative estimate of drug-likeness (QED) is 0.791. The van der Waals surface area contributed by atoms with E-state index in [2.05, 4.69) is 42.3 Å². The number of hydrogen-bond acceptors (Lipinski definition) is 3. The number of aryl methyl sites for hydroxylation is 1. The van der Waals surface area contributed by atoms with E-state index in [0.717, 1.165) is 18.8 Å². The van der Waals surface area contributed by atoms with Gasteiger partial charge in [-0.25, -0.2) is 0 Å². The fourth-order valence-electron chi connectivity index (χ4n) is 1.21. The summed E-state index contributed by atoms with van der Waals surface area (Å²) in [5.74, 6) is 0. The highest BCUT2D eigenvalue weighted by atomic mass is 15.1. The number of nitrogens with one attached hydrogen (secondary N) is 1. The van der Waals surface area contributed by atoms with E-state index in [0.29, 0.717) is 6.04 Å². The Morgan fingerprint density at radius 1 is 1.40 bits per heavy atom. The maximum Gasteiger partial charge on any atom is 0.0372 e. The molecule has 0 bridgehead atoms. The number of pyridine rings is 1. The lowest BCUT2D eigenvalue weighted by molar-refractivity contribution is 0.302. The van der Waals surface area contributed by atoms with Crippen LogP contribution in [0.1, 0.15) is 18.2 Å². The van der Waals surface area contributed by atoms with Gasteiger partial charge in [-0.15, -0.1) is 0 Å². The van der Waals surface area contributed by atoms with Gasteiger partial charge in [-0.1, -0.05) is 6.07 Å². The Labute approximate surface area is 92.5 Å². The van der Waals surface area contributed by atoms with Crippen LogP contribution in [0.4, 0.5) is 0 Å². The molecule has 0 aromatic carbocycles. The summed E-state index contributed by atoms with van der Waals surface area (Å²) in [6.45, 7) is 6.11. The average Bonchev–Trinajstić information content (AvgIpc) is 2.20. The summed E-state index contributed by atoms with van der Waals surface area (Å²) in [4.78, 5) is 6.47. The zero-order valence-electron chi connectivity index (χ0n) is 10.1. The van der Waals surface area contributed by atoms with Gasteiger partial charge in [0.1, 0.15) is 0 Å². The molecule has 3 heteroatoms. The number of nitrogens with zero attached hydrogens (tertiary/aromatic N) is 2. The fraction of sp³-hybridized carbons (Fsp3) is 0.583. The van der Waals surface area contributed by atoms with E-state index < -0.39 is 0 Å². The summed E-state index contributed by atoms with van der Waals surface area (Å²) in [7, 11) is 4.19. The Morgan fingerprint density at radius 2 is 2.13 bits per heavy atom. The molecule has 0 spiro atoms. The van der Waals surface area contributed by atoms with Crippen LogP contribution in [-0.4, -0.2) is 36.6 Å².